The van der Waals surface area contributed by atoms with Crippen LogP contribution in [0.25, 0.3) is 0 Å². The molecule has 0 spiro atoms. The average Bonchev–Trinajstić information content (AvgIpc) is 3.31. The third kappa shape index (κ3) is 21.8. The molecule has 9 nitrogen and oxygen atoms in total. The molecular weight excluding hydrogens is 1200 g/mol. The zero-order chi connectivity index (χ0) is 51.7. The van der Waals surface area contributed by atoms with Crippen LogP contribution < -0.4 is 148 Å². The van der Waals surface area contributed by atoms with Crippen LogP contribution in [0.5, 0.6) is 11.5 Å². The normalized spacial score (nSPS) is 16.1. The SMILES string of the molecule is CC/C(C)=C/[C@@H](CC(=O)O)c1ccc(OCc2ccc3c(c2)C(C)(C)CCC3(C)C)cc1.CC1(C)CCC(C)(C)c2cc(CBr)ccc21.COC(=O)C[C@H](C=C(C)C)c1ccc(O)cc1.O=CO[O-].[Cs+].[Cs+].[H-]. The number of aromatic hydroxyl groups is 1. The second-order valence-electron chi connectivity index (χ2n) is 21.3. The van der Waals surface area contributed by atoms with Crippen molar-refractivity contribution in [1.29, 1.82) is 0 Å². The van der Waals surface area contributed by atoms with Gasteiger partial charge in [-0.1, -0.05) is 162 Å². The van der Waals surface area contributed by atoms with Crippen LogP contribution >= 0.6 is 15.9 Å². The van der Waals surface area contributed by atoms with Gasteiger partial charge in [-0.15, -0.1) is 0 Å². The van der Waals surface area contributed by atoms with Crippen LogP contribution in [0.4, 0.5) is 0 Å². The molecule has 2 aliphatic rings. The van der Waals surface area contributed by atoms with Gasteiger partial charge in [-0.2, -0.15) is 0 Å². The monoisotopic (exact) mass is 1280 g/mol. The second-order valence-corrected chi connectivity index (χ2v) is 21.8. The fourth-order valence-electron chi connectivity index (χ4n) is 9.00. The number of methoxy groups -OCH3 is 1. The summed E-state index contributed by atoms with van der Waals surface area (Å²) in [5.74, 6) is -0.116. The van der Waals surface area contributed by atoms with E-state index in [0.717, 1.165) is 34.2 Å². The number of phenols is 1. The molecule has 6 rings (SSSR count). The molecule has 0 bridgehead atoms. The third-order valence-electron chi connectivity index (χ3n) is 13.6. The summed E-state index contributed by atoms with van der Waals surface area (Å²) in [6.07, 6.45) is 10.4. The average molecular weight is 1280 g/mol. The summed E-state index contributed by atoms with van der Waals surface area (Å²) in [5, 5.41) is 27.9. The zero-order valence-electron chi connectivity index (χ0n) is 46.5. The van der Waals surface area contributed by atoms with E-state index in [2.05, 4.69) is 130 Å². The summed E-state index contributed by atoms with van der Waals surface area (Å²) in [7, 11) is 1.39. The quantitative estimate of drug-likeness (QED) is 0.0321. The van der Waals surface area contributed by atoms with Crippen molar-refractivity contribution >= 4 is 34.3 Å². The van der Waals surface area contributed by atoms with Gasteiger partial charge >= 0.3 is 150 Å². The Morgan fingerprint density at radius 2 is 1.11 bits per heavy atom. The van der Waals surface area contributed by atoms with Gasteiger partial charge in [0.2, 0.25) is 0 Å². The number of benzene rings is 4. The number of carboxylic acids is 1. The first-order valence-corrected chi connectivity index (χ1v) is 25.1. The molecule has 4 aromatic carbocycles. The third-order valence-corrected chi connectivity index (χ3v) is 14.3. The van der Waals surface area contributed by atoms with Crippen LogP contribution in [0, 0.1) is 0 Å². The Labute approximate surface area is 553 Å². The molecule has 0 fully saturated rings. The van der Waals surface area contributed by atoms with Gasteiger partial charge in [0.15, 0.2) is 0 Å². The molecule has 0 radical (unpaired) electrons. The molecule has 0 saturated carbocycles. The van der Waals surface area contributed by atoms with Gasteiger partial charge in [0.1, 0.15) is 18.1 Å². The van der Waals surface area contributed by atoms with E-state index in [-0.39, 0.29) is 186 Å². The number of alkyl halides is 1. The number of hydrogen-bond acceptors (Lipinski definition) is 8. The zero-order valence-corrected chi connectivity index (χ0v) is 59.6. The molecule has 0 aliphatic heterocycles. The number of phenolic OH excluding ortho intramolecular Hbond substituents is 1. The summed E-state index contributed by atoms with van der Waals surface area (Å²) >= 11 is 3.55. The van der Waals surface area contributed by atoms with E-state index in [1.165, 1.54) is 60.6 Å². The van der Waals surface area contributed by atoms with Gasteiger partial charge in [0.05, 0.1) is 20.0 Å². The molecule has 0 aromatic heterocycles. The number of hydrogen-bond donors (Lipinski definition) is 2. The number of carboxylic acid groups (broad SMARTS) is 1. The minimum Gasteiger partial charge on any atom is -1.00 e. The van der Waals surface area contributed by atoms with Crippen LogP contribution in [0.3, 0.4) is 0 Å². The Hall–Kier alpha value is -1.09. The van der Waals surface area contributed by atoms with Crippen LogP contribution in [0.1, 0.15) is 186 Å². The molecule has 2 N–H and O–H groups in total. The number of aliphatic carboxylic acids is 1. The van der Waals surface area contributed by atoms with Gasteiger partial charge in [-0.25, -0.2) is 0 Å². The minimum absolute atomic E-state index is 0. The molecule has 4 aromatic rings. The van der Waals surface area contributed by atoms with Crippen molar-refractivity contribution in [2.75, 3.05) is 7.11 Å². The fraction of sp³-hybridized carbons (Fsp3) is 0.475. The standard InChI is InChI=1S/C29H38O3.C15H21Br.C14H18O3.CH2O3.2Cs.H/c1-7-20(2)16-23(18-27(30)31)22-9-11-24(12-10-22)32-19-21-8-13-25-26(17-21)29(5,6)15-14-28(25,3)4;1-14(2)7-8-15(3,4)13-9-11(10-16)5-6-12(13)14;1-10(2)8-12(9-14(16)17-3)11-4-6-13(15)7-5-11;2-1-4-3;;;/h8-13,16-17,23H,7,14-15,18-19H2,1-6H3,(H,30,31);5-6,9H,7-8,10H2,1-4H3;4-8,12,15H,9H2,1-3H3;1,3H;;;/q;;;;2*+1;-1/p-1/b20-16+;;;;;;/t23-;;12-;;;;/m0.0..../s1. The van der Waals surface area contributed by atoms with Crippen LogP contribution in [-0.2, 0) is 57.6 Å². The predicted molar refractivity (Wildman–Crippen MR) is 281 cm³/mol. The number of rotatable bonds is 14. The Bertz CT molecular complexity index is 2370. The first-order chi connectivity index (χ1) is 32.3. The predicted octanol–water partition coefficient (Wildman–Crippen LogP) is 8.02. The maximum absolute atomic E-state index is 11.3. The Morgan fingerprint density at radius 1 is 0.690 bits per heavy atom. The van der Waals surface area contributed by atoms with E-state index >= 15 is 0 Å². The summed E-state index contributed by atoms with van der Waals surface area (Å²) in [4.78, 5) is 33.9. The molecule has 12 heteroatoms. The Kier molecular flexibility index (Phi) is 30.5. The summed E-state index contributed by atoms with van der Waals surface area (Å²) < 4.78 is 10.8. The van der Waals surface area contributed by atoms with Crippen LogP contribution in [0.2, 0.25) is 0 Å². The minimum atomic E-state index is -0.783. The summed E-state index contributed by atoms with van der Waals surface area (Å²) in [5.41, 5.74) is 14.0. The second kappa shape index (κ2) is 31.8. The number of carbonyl (C=O) groups excluding carboxylic acids is 2. The molecule has 0 amide bonds. The van der Waals surface area contributed by atoms with E-state index in [9.17, 15) is 19.8 Å². The maximum atomic E-state index is 11.3. The van der Waals surface area contributed by atoms with E-state index in [1.54, 1.807) is 23.3 Å². The van der Waals surface area contributed by atoms with Crippen molar-refractivity contribution in [2.45, 2.75) is 173 Å². The van der Waals surface area contributed by atoms with E-state index < -0.39 is 5.97 Å². The van der Waals surface area contributed by atoms with Crippen molar-refractivity contribution in [1.82, 2.24) is 0 Å². The van der Waals surface area contributed by atoms with Crippen molar-refractivity contribution in [2.24, 2.45) is 0 Å². The number of halogens is 1. The largest absolute Gasteiger partial charge is 1.00 e. The molecule has 0 heterocycles. The smallest absolute Gasteiger partial charge is 1.00 e. The van der Waals surface area contributed by atoms with E-state index in [1.807, 2.05) is 63.2 Å². The molecule has 2 atom stereocenters. The molecule has 2 aliphatic carbocycles. The molecule has 71 heavy (non-hydrogen) atoms. The topological polar surface area (TPSA) is 142 Å². The van der Waals surface area contributed by atoms with Crippen molar-refractivity contribution in [3.8, 4) is 11.5 Å². The number of allylic oxidation sites excluding steroid dienone is 4. The summed E-state index contributed by atoms with van der Waals surface area (Å²) in [6, 6.07) is 28.6. The van der Waals surface area contributed by atoms with Crippen molar-refractivity contribution < 1.29 is 183 Å². The Balaban J connectivity index is 0.00000107. The number of fused-ring (bicyclic) bond motifs is 2. The molecule has 0 unspecified atom stereocenters. The van der Waals surface area contributed by atoms with Gasteiger partial charge < -0.3 is 31.3 Å². The number of carbonyl (C=O) groups is 3. The van der Waals surface area contributed by atoms with Gasteiger partial charge in [0, 0.05) is 17.2 Å². The van der Waals surface area contributed by atoms with Crippen molar-refractivity contribution in [3.63, 3.8) is 0 Å². The number of esters is 1. The molecular formula is C59H79BrCs2O9. The maximum Gasteiger partial charge on any atom is 1.00 e. The molecule has 0 saturated heterocycles. The first kappa shape index (κ1) is 67.9. The van der Waals surface area contributed by atoms with Crippen LogP contribution in [-0.4, -0.2) is 35.7 Å². The van der Waals surface area contributed by atoms with Gasteiger partial charge in [-0.3, -0.25) is 14.4 Å². The fourth-order valence-corrected chi connectivity index (χ4v) is 9.35. The van der Waals surface area contributed by atoms with Crippen molar-refractivity contribution in [3.05, 3.63) is 153 Å². The summed E-state index contributed by atoms with van der Waals surface area (Å²) in [6.45, 7) is 27.3. The van der Waals surface area contributed by atoms with E-state index in [4.69, 9.17) is 14.8 Å². The first-order valence-electron chi connectivity index (χ1n) is 24.0. The number of ether oxygens (including phenoxy) is 2. The van der Waals surface area contributed by atoms with Crippen LogP contribution in [0.15, 0.2) is 108 Å². The molecule has 378 valence electrons. The van der Waals surface area contributed by atoms with Gasteiger partial charge in [-0.05, 0) is 143 Å². The Morgan fingerprint density at radius 3 is 1.52 bits per heavy atom. The van der Waals surface area contributed by atoms with E-state index in [0.29, 0.717) is 23.9 Å². The van der Waals surface area contributed by atoms with Gasteiger partial charge in [0.25, 0.3) is 6.47 Å².